The number of hydrogen-bond donors (Lipinski definition) is 1. The molecule has 0 bridgehead atoms. The molecule has 1 N–H and O–H groups in total. The average Bonchev–Trinajstić information content (AvgIpc) is 3.12. The molecule has 0 radical (unpaired) electrons. The number of nitrogens with one attached hydrogen (secondary N) is 1. The Morgan fingerprint density at radius 2 is 2.26 bits per heavy atom. The van der Waals surface area contributed by atoms with Crippen molar-refractivity contribution >= 4 is 34.3 Å². The molecule has 1 aromatic heterocycles. The number of carbonyl (C=O) groups is 1. The molecule has 2 aromatic rings. The van der Waals surface area contributed by atoms with E-state index in [-0.39, 0.29) is 18.0 Å². The van der Waals surface area contributed by atoms with Gasteiger partial charge in [-0.2, -0.15) is 5.10 Å². The van der Waals surface area contributed by atoms with Crippen molar-refractivity contribution in [3.05, 3.63) is 50.5 Å². The van der Waals surface area contributed by atoms with Crippen LogP contribution in [0.4, 0.5) is 10.8 Å². The molecule has 2 heterocycles. The third-order valence-electron chi connectivity index (χ3n) is 4.00. The maximum absolute atomic E-state index is 12.0. The van der Waals surface area contributed by atoms with Crippen LogP contribution in [0.2, 0.25) is 0 Å². The fraction of sp³-hybridized carbons (Fsp3) is 0.353. The molecule has 0 atom stereocenters. The van der Waals surface area contributed by atoms with Gasteiger partial charge in [-0.25, -0.2) is 10.4 Å². The molecule has 142 valence electrons. The van der Waals surface area contributed by atoms with Gasteiger partial charge in [0.05, 0.1) is 36.5 Å². The zero-order chi connectivity index (χ0) is 19.2. The van der Waals surface area contributed by atoms with E-state index in [0.717, 1.165) is 18.2 Å². The van der Waals surface area contributed by atoms with E-state index in [9.17, 15) is 14.9 Å². The van der Waals surface area contributed by atoms with Crippen LogP contribution in [0.25, 0.3) is 0 Å². The lowest BCUT2D eigenvalue weighted by Crippen LogP contribution is -2.36. The number of thiazole rings is 1. The Bertz CT molecular complexity index is 861. The zero-order valence-corrected chi connectivity index (χ0v) is 15.6. The third-order valence-corrected chi connectivity index (χ3v) is 4.95. The Morgan fingerprint density at radius 3 is 3.00 bits per heavy atom. The Kier molecular flexibility index (Phi) is 6.09. The predicted molar refractivity (Wildman–Crippen MR) is 102 cm³/mol. The molecule has 0 saturated carbocycles. The van der Waals surface area contributed by atoms with Gasteiger partial charge in [-0.3, -0.25) is 14.9 Å². The Morgan fingerprint density at radius 1 is 1.48 bits per heavy atom. The first-order valence-corrected chi connectivity index (χ1v) is 9.25. The summed E-state index contributed by atoms with van der Waals surface area (Å²) in [6.45, 7) is 4.63. The SMILES string of the molecule is Cc1ccc(/C=N\NC(=O)Cc2csc(N3CCOCC3)n2)cc1[N+](=O)[O-]. The lowest BCUT2D eigenvalue weighted by molar-refractivity contribution is -0.385. The molecule has 0 aliphatic carbocycles. The van der Waals surface area contributed by atoms with Crippen LogP contribution in [0, 0.1) is 17.0 Å². The topological polar surface area (TPSA) is 110 Å². The smallest absolute Gasteiger partial charge is 0.272 e. The molecule has 9 nitrogen and oxygen atoms in total. The molecular weight excluding hydrogens is 370 g/mol. The highest BCUT2D eigenvalue weighted by atomic mass is 32.1. The number of carbonyl (C=O) groups excluding carboxylic acids is 1. The summed E-state index contributed by atoms with van der Waals surface area (Å²) in [5.41, 5.74) is 4.23. The highest BCUT2D eigenvalue weighted by Gasteiger charge is 2.15. The van der Waals surface area contributed by atoms with E-state index < -0.39 is 4.92 Å². The van der Waals surface area contributed by atoms with E-state index >= 15 is 0 Å². The summed E-state index contributed by atoms with van der Waals surface area (Å²) in [5.74, 6) is -0.299. The van der Waals surface area contributed by atoms with Gasteiger partial charge in [0.2, 0.25) is 5.91 Å². The molecule has 3 rings (SSSR count). The molecule has 0 spiro atoms. The number of morpholine rings is 1. The van der Waals surface area contributed by atoms with Gasteiger partial charge in [0.25, 0.3) is 5.69 Å². The minimum Gasteiger partial charge on any atom is -0.378 e. The number of aromatic nitrogens is 1. The molecule has 1 amide bonds. The first-order chi connectivity index (χ1) is 13.0. The number of anilines is 1. The van der Waals surface area contributed by atoms with Crippen molar-refractivity contribution in [2.75, 3.05) is 31.2 Å². The van der Waals surface area contributed by atoms with Crippen molar-refractivity contribution in [3.8, 4) is 0 Å². The third kappa shape index (κ3) is 5.08. The van der Waals surface area contributed by atoms with E-state index in [0.29, 0.717) is 30.0 Å². The summed E-state index contributed by atoms with van der Waals surface area (Å²) >= 11 is 1.50. The van der Waals surface area contributed by atoms with Crippen molar-refractivity contribution < 1.29 is 14.5 Å². The highest BCUT2D eigenvalue weighted by Crippen LogP contribution is 2.21. The number of hydrazone groups is 1. The normalized spacial score (nSPS) is 14.5. The monoisotopic (exact) mass is 389 g/mol. The zero-order valence-electron chi connectivity index (χ0n) is 14.8. The summed E-state index contributed by atoms with van der Waals surface area (Å²) in [4.78, 5) is 29.1. The van der Waals surface area contributed by atoms with Crippen LogP contribution in [-0.2, 0) is 16.0 Å². The van der Waals surface area contributed by atoms with Crippen molar-refractivity contribution in [2.45, 2.75) is 13.3 Å². The fourth-order valence-electron chi connectivity index (χ4n) is 2.56. The van der Waals surface area contributed by atoms with E-state index in [2.05, 4.69) is 20.4 Å². The highest BCUT2D eigenvalue weighted by molar-refractivity contribution is 7.13. The summed E-state index contributed by atoms with van der Waals surface area (Å²) in [6, 6.07) is 4.76. The number of nitro benzene ring substituents is 1. The first-order valence-electron chi connectivity index (χ1n) is 8.37. The van der Waals surface area contributed by atoms with Crippen LogP contribution in [0.5, 0.6) is 0 Å². The van der Waals surface area contributed by atoms with Gasteiger partial charge in [0.1, 0.15) is 0 Å². The van der Waals surface area contributed by atoms with Crippen LogP contribution in [0.3, 0.4) is 0 Å². The summed E-state index contributed by atoms with van der Waals surface area (Å²) in [5, 5.41) is 17.6. The second kappa shape index (κ2) is 8.69. The van der Waals surface area contributed by atoms with E-state index in [1.807, 2.05) is 5.38 Å². The van der Waals surface area contributed by atoms with E-state index in [1.165, 1.54) is 23.6 Å². The van der Waals surface area contributed by atoms with Gasteiger partial charge in [0, 0.05) is 35.7 Å². The quantitative estimate of drug-likeness (QED) is 0.459. The summed E-state index contributed by atoms with van der Waals surface area (Å²) in [6.07, 6.45) is 1.50. The van der Waals surface area contributed by atoms with Crippen LogP contribution in [-0.4, -0.2) is 48.3 Å². The molecule has 0 unspecified atom stereocenters. The Labute approximate surface area is 159 Å². The minimum absolute atomic E-state index is 0.0170. The van der Waals surface area contributed by atoms with Gasteiger partial charge in [0.15, 0.2) is 5.13 Å². The maximum Gasteiger partial charge on any atom is 0.272 e. The molecule has 1 fully saturated rings. The predicted octanol–water partition coefficient (Wildman–Crippen LogP) is 1.89. The van der Waals surface area contributed by atoms with Gasteiger partial charge >= 0.3 is 0 Å². The number of hydrogen-bond acceptors (Lipinski definition) is 8. The minimum atomic E-state index is -0.445. The van der Waals surface area contributed by atoms with Crippen LogP contribution in [0.15, 0.2) is 28.7 Å². The summed E-state index contributed by atoms with van der Waals surface area (Å²) < 4.78 is 5.32. The van der Waals surface area contributed by atoms with Crippen molar-refractivity contribution in [3.63, 3.8) is 0 Å². The van der Waals surface area contributed by atoms with Crippen molar-refractivity contribution in [1.82, 2.24) is 10.4 Å². The van der Waals surface area contributed by atoms with Crippen LogP contribution in [0.1, 0.15) is 16.8 Å². The number of rotatable bonds is 6. The Balaban J connectivity index is 1.54. The molecule has 1 aromatic carbocycles. The Hall–Kier alpha value is -2.85. The van der Waals surface area contributed by atoms with Crippen molar-refractivity contribution in [2.24, 2.45) is 5.10 Å². The van der Waals surface area contributed by atoms with E-state index in [1.54, 1.807) is 19.1 Å². The fourth-order valence-corrected chi connectivity index (χ4v) is 3.44. The lowest BCUT2D eigenvalue weighted by atomic mass is 10.1. The maximum atomic E-state index is 12.0. The van der Waals surface area contributed by atoms with Crippen LogP contribution >= 0.6 is 11.3 Å². The molecule has 27 heavy (non-hydrogen) atoms. The largest absolute Gasteiger partial charge is 0.378 e. The first kappa shape index (κ1) is 18.9. The number of benzene rings is 1. The van der Waals surface area contributed by atoms with Gasteiger partial charge in [-0.1, -0.05) is 12.1 Å². The average molecular weight is 389 g/mol. The molecule has 1 aliphatic heterocycles. The van der Waals surface area contributed by atoms with Gasteiger partial charge in [-0.15, -0.1) is 11.3 Å². The van der Waals surface area contributed by atoms with Gasteiger partial charge < -0.3 is 9.64 Å². The standard InChI is InChI=1S/C17H19N5O4S/c1-12-2-3-13(8-15(12)22(24)25)10-18-20-16(23)9-14-11-27-17(19-14)21-4-6-26-7-5-21/h2-3,8,10-11H,4-7,9H2,1H3,(H,20,23)/b18-10-. The van der Waals surface area contributed by atoms with Gasteiger partial charge in [-0.05, 0) is 6.92 Å². The number of nitro groups is 1. The number of nitrogens with zero attached hydrogens (tertiary/aromatic N) is 4. The number of aryl methyl sites for hydroxylation is 1. The molecule has 1 saturated heterocycles. The second-order valence-electron chi connectivity index (χ2n) is 5.99. The van der Waals surface area contributed by atoms with Crippen molar-refractivity contribution in [1.29, 1.82) is 0 Å². The second-order valence-corrected chi connectivity index (χ2v) is 6.83. The number of ether oxygens (including phenoxy) is 1. The number of amides is 1. The molecule has 10 heteroatoms. The summed E-state index contributed by atoms with van der Waals surface area (Å²) in [7, 11) is 0. The van der Waals surface area contributed by atoms with Crippen LogP contribution < -0.4 is 10.3 Å². The molecule has 1 aliphatic rings. The molecular formula is C17H19N5O4S. The van der Waals surface area contributed by atoms with E-state index in [4.69, 9.17) is 4.74 Å². The lowest BCUT2D eigenvalue weighted by Gasteiger charge is -2.26.